The Labute approximate surface area is 92.1 Å². The Hall–Kier alpha value is -0.860. The van der Waals surface area contributed by atoms with Crippen molar-refractivity contribution >= 4 is 0 Å². The Bertz CT molecular complexity index is 297. The van der Waals surface area contributed by atoms with E-state index < -0.39 is 0 Å². The molecule has 2 N–H and O–H groups in total. The molecular formula is C13H20N2. The Morgan fingerprint density at radius 2 is 2.07 bits per heavy atom. The third-order valence-electron chi connectivity index (χ3n) is 3.30. The molecule has 82 valence electrons. The summed E-state index contributed by atoms with van der Waals surface area (Å²) in [4.78, 5) is 2.50. The molecule has 15 heavy (non-hydrogen) atoms. The number of hydrogen-bond acceptors (Lipinski definition) is 2. The van der Waals surface area contributed by atoms with Crippen LogP contribution in [0.1, 0.15) is 18.9 Å². The Kier molecular flexibility index (Phi) is 3.39. The molecule has 1 aromatic rings. The van der Waals surface area contributed by atoms with Gasteiger partial charge in [-0.2, -0.15) is 0 Å². The second kappa shape index (κ2) is 4.77. The smallest absolute Gasteiger partial charge is 0.0233 e. The molecule has 0 spiro atoms. The van der Waals surface area contributed by atoms with Crippen molar-refractivity contribution in [2.45, 2.75) is 25.9 Å². The van der Waals surface area contributed by atoms with E-state index in [4.69, 9.17) is 5.73 Å². The van der Waals surface area contributed by atoms with E-state index in [2.05, 4.69) is 42.2 Å². The van der Waals surface area contributed by atoms with Gasteiger partial charge in [0.15, 0.2) is 0 Å². The lowest BCUT2D eigenvalue weighted by molar-refractivity contribution is 0.158. The van der Waals surface area contributed by atoms with Gasteiger partial charge in [0, 0.05) is 19.1 Å². The molecule has 2 unspecified atom stereocenters. The van der Waals surface area contributed by atoms with Crippen molar-refractivity contribution in [2.75, 3.05) is 13.1 Å². The summed E-state index contributed by atoms with van der Waals surface area (Å²) < 4.78 is 0. The molecule has 1 heterocycles. The van der Waals surface area contributed by atoms with E-state index in [0.717, 1.165) is 26.1 Å². The predicted molar refractivity (Wildman–Crippen MR) is 63.5 cm³/mol. The highest BCUT2D eigenvalue weighted by Crippen LogP contribution is 2.16. The fourth-order valence-corrected chi connectivity index (χ4v) is 2.24. The summed E-state index contributed by atoms with van der Waals surface area (Å²) in [5.41, 5.74) is 7.41. The highest BCUT2D eigenvalue weighted by molar-refractivity contribution is 5.14. The predicted octanol–water partition coefficient (Wildman–Crippen LogP) is 1.86. The molecule has 2 nitrogen and oxygen atoms in total. The molecule has 1 saturated heterocycles. The maximum Gasteiger partial charge on any atom is 0.0233 e. The van der Waals surface area contributed by atoms with E-state index in [0.29, 0.717) is 12.0 Å². The maximum atomic E-state index is 6.01. The van der Waals surface area contributed by atoms with Crippen molar-refractivity contribution in [3.63, 3.8) is 0 Å². The van der Waals surface area contributed by atoms with Gasteiger partial charge in [0.2, 0.25) is 0 Å². The summed E-state index contributed by atoms with van der Waals surface area (Å²) in [6.07, 6.45) is 1.13. The monoisotopic (exact) mass is 204 g/mol. The van der Waals surface area contributed by atoms with Gasteiger partial charge >= 0.3 is 0 Å². The topological polar surface area (TPSA) is 29.3 Å². The Morgan fingerprint density at radius 1 is 1.33 bits per heavy atom. The molecule has 2 atom stereocenters. The van der Waals surface area contributed by atoms with Crippen molar-refractivity contribution in [1.82, 2.24) is 4.90 Å². The van der Waals surface area contributed by atoms with Crippen LogP contribution >= 0.6 is 0 Å². The van der Waals surface area contributed by atoms with Crippen LogP contribution in [0, 0.1) is 5.92 Å². The van der Waals surface area contributed by atoms with Crippen LogP contribution in [0.2, 0.25) is 0 Å². The summed E-state index contributed by atoms with van der Waals surface area (Å²) in [6.45, 7) is 5.59. The molecule has 0 saturated carbocycles. The first-order valence-electron chi connectivity index (χ1n) is 5.77. The number of nitrogens with two attached hydrogens (primary N) is 1. The molecule has 2 rings (SSSR count). The third kappa shape index (κ3) is 2.80. The van der Waals surface area contributed by atoms with E-state index in [-0.39, 0.29) is 0 Å². The molecule has 1 fully saturated rings. The molecule has 1 aliphatic heterocycles. The van der Waals surface area contributed by atoms with Gasteiger partial charge in [0.25, 0.3) is 0 Å². The average molecular weight is 204 g/mol. The second-order valence-corrected chi connectivity index (χ2v) is 4.65. The quantitative estimate of drug-likeness (QED) is 0.796. The van der Waals surface area contributed by atoms with Crippen molar-refractivity contribution in [1.29, 1.82) is 0 Å². The summed E-state index contributed by atoms with van der Waals surface area (Å²) >= 11 is 0. The molecule has 0 aliphatic carbocycles. The zero-order valence-corrected chi connectivity index (χ0v) is 9.39. The minimum atomic E-state index is 0.400. The summed E-state index contributed by atoms with van der Waals surface area (Å²) in [6, 6.07) is 11.1. The van der Waals surface area contributed by atoms with Crippen molar-refractivity contribution in [3.05, 3.63) is 35.9 Å². The van der Waals surface area contributed by atoms with E-state index >= 15 is 0 Å². The van der Waals surface area contributed by atoms with Gasteiger partial charge < -0.3 is 5.73 Å². The van der Waals surface area contributed by atoms with E-state index in [1.807, 2.05) is 0 Å². The van der Waals surface area contributed by atoms with Crippen LogP contribution in [0.3, 0.4) is 0 Å². The highest BCUT2D eigenvalue weighted by Gasteiger charge is 2.22. The molecule has 1 aromatic carbocycles. The van der Waals surface area contributed by atoms with Crippen LogP contribution in [0.15, 0.2) is 30.3 Å². The Morgan fingerprint density at radius 3 is 2.73 bits per heavy atom. The standard InChI is InChI=1S/C13H20N2/c1-11-9-15(8-7-13(11)14)10-12-5-3-2-4-6-12/h2-6,11,13H,7-10,14H2,1H3. The molecule has 2 heteroatoms. The zero-order chi connectivity index (χ0) is 10.7. The van der Waals surface area contributed by atoms with Gasteiger partial charge in [0.05, 0.1) is 0 Å². The third-order valence-corrected chi connectivity index (χ3v) is 3.30. The highest BCUT2D eigenvalue weighted by atomic mass is 15.1. The van der Waals surface area contributed by atoms with Gasteiger partial charge in [-0.1, -0.05) is 37.3 Å². The van der Waals surface area contributed by atoms with Gasteiger partial charge in [-0.3, -0.25) is 4.90 Å². The minimum Gasteiger partial charge on any atom is -0.327 e. The molecule has 0 amide bonds. The largest absolute Gasteiger partial charge is 0.327 e. The van der Waals surface area contributed by atoms with Gasteiger partial charge in [-0.05, 0) is 24.4 Å². The molecule has 0 aromatic heterocycles. The minimum absolute atomic E-state index is 0.400. The fourth-order valence-electron chi connectivity index (χ4n) is 2.24. The number of benzene rings is 1. The number of piperidine rings is 1. The average Bonchev–Trinajstić information content (AvgIpc) is 2.25. The molecule has 0 bridgehead atoms. The lowest BCUT2D eigenvalue weighted by Crippen LogP contribution is -2.45. The van der Waals surface area contributed by atoms with Gasteiger partial charge in [-0.15, -0.1) is 0 Å². The second-order valence-electron chi connectivity index (χ2n) is 4.65. The zero-order valence-electron chi connectivity index (χ0n) is 9.39. The fraction of sp³-hybridized carbons (Fsp3) is 0.538. The Balaban J connectivity index is 1.91. The lowest BCUT2D eigenvalue weighted by Gasteiger charge is -2.35. The first-order valence-corrected chi connectivity index (χ1v) is 5.77. The number of nitrogens with zero attached hydrogens (tertiary/aromatic N) is 1. The van der Waals surface area contributed by atoms with Crippen LogP contribution in [0.25, 0.3) is 0 Å². The first kappa shape index (κ1) is 10.7. The number of hydrogen-bond donors (Lipinski definition) is 1. The van der Waals surface area contributed by atoms with Gasteiger partial charge in [-0.25, -0.2) is 0 Å². The van der Waals surface area contributed by atoms with Crippen LogP contribution in [-0.4, -0.2) is 24.0 Å². The van der Waals surface area contributed by atoms with Crippen LogP contribution < -0.4 is 5.73 Å². The number of likely N-dealkylation sites (tertiary alicyclic amines) is 1. The lowest BCUT2D eigenvalue weighted by atomic mass is 9.94. The van der Waals surface area contributed by atoms with Crippen LogP contribution in [0.4, 0.5) is 0 Å². The summed E-state index contributed by atoms with van der Waals surface area (Å²) in [5, 5.41) is 0. The van der Waals surface area contributed by atoms with Gasteiger partial charge in [0.1, 0.15) is 0 Å². The van der Waals surface area contributed by atoms with E-state index in [9.17, 15) is 0 Å². The normalized spacial score (nSPS) is 27.9. The molecular weight excluding hydrogens is 184 g/mol. The summed E-state index contributed by atoms with van der Waals surface area (Å²) in [5.74, 6) is 0.627. The maximum absolute atomic E-state index is 6.01. The number of rotatable bonds is 2. The van der Waals surface area contributed by atoms with Crippen LogP contribution in [-0.2, 0) is 6.54 Å². The molecule has 1 aliphatic rings. The van der Waals surface area contributed by atoms with E-state index in [1.165, 1.54) is 5.56 Å². The summed E-state index contributed by atoms with van der Waals surface area (Å²) in [7, 11) is 0. The van der Waals surface area contributed by atoms with Crippen LogP contribution in [0.5, 0.6) is 0 Å². The van der Waals surface area contributed by atoms with Crippen molar-refractivity contribution < 1.29 is 0 Å². The van der Waals surface area contributed by atoms with Crippen molar-refractivity contribution in [3.8, 4) is 0 Å². The van der Waals surface area contributed by atoms with E-state index in [1.54, 1.807) is 0 Å². The van der Waals surface area contributed by atoms with Crippen molar-refractivity contribution in [2.24, 2.45) is 11.7 Å². The molecule has 0 radical (unpaired) electrons. The SMILES string of the molecule is CC1CN(Cc2ccccc2)CCC1N. The first-order chi connectivity index (χ1) is 7.25.